The molecule has 1 amide bonds. The van der Waals surface area contributed by atoms with Gasteiger partial charge in [-0.15, -0.1) is 0 Å². The van der Waals surface area contributed by atoms with E-state index in [0.717, 1.165) is 51.6 Å². The highest BCUT2D eigenvalue weighted by Crippen LogP contribution is 2.45. The van der Waals surface area contributed by atoms with Crippen molar-refractivity contribution in [3.63, 3.8) is 0 Å². The summed E-state index contributed by atoms with van der Waals surface area (Å²) in [6.45, 7) is 13.0. The van der Waals surface area contributed by atoms with Crippen molar-refractivity contribution in [2.45, 2.75) is 79.3 Å². The molecule has 3 nitrogen and oxygen atoms in total. The Bertz CT molecular complexity index is 514. The van der Waals surface area contributed by atoms with E-state index in [1.807, 2.05) is 4.90 Å². The summed E-state index contributed by atoms with van der Waals surface area (Å²) in [6, 6.07) is 0. The highest BCUT2D eigenvalue weighted by molar-refractivity contribution is 5.73. The number of hydrogen-bond acceptors (Lipinski definition) is 2. The fourth-order valence-corrected chi connectivity index (χ4v) is 5.15. The van der Waals surface area contributed by atoms with Crippen molar-refractivity contribution >= 4 is 5.91 Å². The van der Waals surface area contributed by atoms with E-state index in [2.05, 4.69) is 27.7 Å². The summed E-state index contributed by atoms with van der Waals surface area (Å²) in [4.78, 5) is 15.1. The van der Waals surface area contributed by atoms with Crippen LogP contribution >= 0.6 is 0 Å². The first-order valence-corrected chi connectivity index (χ1v) is 10.8. The molecule has 0 aromatic carbocycles. The minimum absolute atomic E-state index is 0.154. The predicted molar refractivity (Wildman–Crippen MR) is 107 cm³/mol. The first-order valence-electron chi connectivity index (χ1n) is 10.8. The molecule has 0 atom stereocenters. The van der Waals surface area contributed by atoms with Gasteiger partial charge in [-0.3, -0.25) is 9.69 Å². The second kappa shape index (κ2) is 8.93. The maximum absolute atomic E-state index is 12.6. The second-order valence-corrected chi connectivity index (χ2v) is 10.4. The van der Waals surface area contributed by atoms with Gasteiger partial charge in [-0.25, -0.2) is 0 Å². The molecule has 0 N–H and O–H groups in total. The quantitative estimate of drug-likeness (QED) is 0.596. The number of nitrogens with zero attached hydrogens (tertiary/aromatic N) is 2. The van der Waals surface area contributed by atoms with Crippen molar-refractivity contribution in [1.29, 1.82) is 0 Å². The molecule has 0 bridgehead atoms. The standard InChI is InChI=1S/C22H39F3N2O/c1-17(28)27-14-8-19(9-15-27)21(4,5)11-10-20(2,3)18-6-12-26(13-7-18)16-22(23,24)25/h18-19H,6-16H2,1-5H3. The number of rotatable bonds is 6. The van der Waals surface area contributed by atoms with Gasteiger partial charge in [-0.1, -0.05) is 27.7 Å². The van der Waals surface area contributed by atoms with E-state index in [9.17, 15) is 18.0 Å². The van der Waals surface area contributed by atoms with Gasteiger partial charge < -0.3 is 4.90 Å². The molecule has 2 rings (SSSR count). The third-order valence-electron chi connectivity index (χ3n) is 7.55. The lowest BCUT2D eigenvalue weighted by atomic mass is 9.65. The molecule has 2 saturated heterocycles. The van der Waals surface area contributed by atoms with Gasteiger partial charge in [0.2, 0.25) is 5.91 Å². The molecule has 0 aromatic heterocycles. The zero-order valence-electron chi connectivity index (χ0n) is 18.4. The molecule has 2 aliphatic rings. The Labute approximate surface area is 169 Å². The Morgan fingerprint density at radius 3 is 1.57 bits per heavy atom. The maximum atomic E-state index is 12.6. The van der Waals surface area contributed by atoms with Crippen LogP contribution in [-0.2, 0) is 4.79 Å². The summed E-state index contributed by atoms with van der Waals surface area (Å²) in [5.41, 5.74) is 0.388. The van der Waals surface area contributed by atoms with Crippen molar-refractivity contribution in [3.05, 3.63) is 0 Å². The fraction of sp³-hybridized carbons (Fsp3) is 0.955. The predicted octanol–water partition coefficient (Wildman–Crippen LogP) is 5.35. The summed E-state index contributed by atoms with van der Waals surface area (Å²) in [5, 5.41) is 0. The Morgan fingerprint density at radius 2 is 1.21 bits per heavy atom. The van der Waals surface area contributed by atoms with Gasteiger partial charge in [-0.2, -0.15) is 13.2 Å². The SMILES string of the molecule is CC(=O)N1CCC(C(C)(C)CCC(C)(C)C2CCN(CC(F)(F)F)CC2)CC1. The zero-order valence-corrected chi connectivity index (χ0v) is 18.4. The lowest BCUT2D eigenvalue weighted by Gasteiger charge is -2.45. The molecule has 2 fully saturated rings. The van der Waals surface area contributed by atoms with Crippen LogP contribution in [0.3, 0.4) is 0 Å². The zero-order chi connectivity index (χ0) is 21.2. The summed E-state index contributed by atoms with van der Waals surface area (Å²) < 4.78 is 37.8. The van der Waals surface area contributed by atoms with Gasteiger partial charge in [0.25, 0.3) is 0 Å². The molecule has 0 aromatic rings. The van der Waals surface area contributed by atoms with Gasteiger partial charge in [-0.05, 0) is 74.3 Å². The summed E-state index contributed by atoms with van der Waals surface area (Å²) in [7, 11) is 0. The lowest BCUT2D eigenvalue weighted by Crippen LogP contribution is -2.43. The van der Waals surface area contributed by atoms with Crippen molar-refractivity contribution in [2.24, 2.45) is 22.7 Å². The molecule has 2 heterocycles. The van der Waals surface area contributed by atoms with Gasteiger partial charge in [0.05, 0.1) is 6.54 Å². The van der Waals surface area contributed by atoms with E-state index >= 15 is 0 Å². The number of piperidine rings is 2. The molecule has 0 spiro atoms. The highest BCUT2D eigenvalue weighted by atomic mass is 19.4. The number of alkyl halides is 3. The number of likely N-dealkylation sites (tertiary alicyclic amines) is 2. The van der Waals surface area contributed by atoms with Gasteiger partial charge in [0, 0.05) is 20.0 Å². The Morgan fingerprint density at radius 1 is 0.821 bits per heavy atom. The molecule has 2 aliphatic heterocycles. The number of halogens is 3. The number of hydrogen-bond donors (Lipinski definition) is 0. The van der Waals surface area contributed by atoms with Crippen LogP contribution in [-0.4, -0.2) is 54.6 Å². The molecule has 164 valence electrons. The highest BCUT2D eigenvalue weighted by Gasteiger charge is 2.39. The molecule has 6 heteroatoms. The largest absolute Gasteiger partial charge is 0.401 e. The molecule has 0 radical (unpaired) electrons. The van der Waals surface area contributed by atoms with Crippen LogP contribution in [0.1, 0.15) is 73.1 Å². The average molecular weight is 405 g/mol. The molecule has 28 heavy (non-hydrogen) atoms. The summed E-state index contributed by atoms with van der Waals surface area (Å²) >= 11 is 0. The Balaban J connectivity index is 1.81. The molecule has 0 unspecified atom stereocenters. The minimum atomic E-state index is -4.09. The number of carbonyl (C=O) groups is 1. The molecule has 0 aliphatic carbocycles. The summed E-state index contributed by atoms with van der Waals surface area (Å²) in [6.07, 6.45) is 2.02. The topological polar surface area (TPSA) is 23.6 Å². The first kappa shape index (κ1) is 23.5. The second-order valence-electron chi connectivity index (χ2n) is 10.4. The van der Waals surface area contributed by atoms with E-state index in [1.165, 1.54) is 0 Å². The molecule has 0 saturated carbocycles. The molecular formula is C22H39F3N2O. The van der Waals surface area contributed by atoms with Crippen molar-refractivity contribution < 1.29 is 18.0 Å². The fourth-order valence-electron chi connectivity index (χ4n) is 5.15. The van der Waals surface area contributed by atoms with E-state index < -0.39 is 12.7 Å². The van der Waals surface area contributed by atoms with Gasteiger partial charge >= 0.3 is 6.18 Å². The van der Waals surface area contributed by atoms with E-state index in [1.54, 1.807) is 11.8 Å². The Hall–Kier alpha value is -0.780. The van der Waals surface area contributed by atoms with Crippen molar-refractivity contribution in [2.75, 3.05) is 32.7 Å². The van der Waals surface area contributed by atoms with E-state index in [-0.39, 0.29) is 16.7 Å². The Kier molecular flexibility index (Phi) is 7.49. The lowest BCUT2D eigenvalue weighted by molar-refractivity contribution is -0.149. The van der Waals surface area contributed by atoms with Crippen LogP contribution in [0.15, 0.2) is 0 Å². The third kappa shape index (κ3) is 6.64. The summed E-state index contributed by atoms with van der Waals surface area (Å²) in [5.74, 6) is 1.30. The van der Waals surface area contributed by atoms with Crippen LogP contribution in [0.4, 0.5) is 13.2 Å². The maximum Gasteiger partial charge on any atom is 0.401 e. The van der Waals surface area contributed by atoms with Crippen LogP contribution in [0.25, 0.3) is 0 Å². The van der Waals surface area contributed by atoms with E-state index in [0.29, 0.717) is 24.9 Å². The van der Waals surface area contributed by atoms with Gasteiger partial charge in [0.1, 0.15) is 0 Å². The number of amides is 1. The van der Waals surface area contributed by atoms with E-state index in [4.69, 9.17) is 0 Å². The van der Waals surface area contributed by atoms with Crippen LogP contribution in [0.2, 0.25) is 0 Å². The minimum Gasteiger partial charge on any atom is -0.343 e. The smallest absolute Gasteiger partial charge is 0.343 e. The van der Waals surface area contributed by atoms with Crippen LogP contribution in [0, 0.1) is 22.7 Å². The van der Waals surface area contributed by atoms with Crippen molar-refractivity contribution in [3.8, 4) is 0 Å². The third-order valence-corrected chi connectivity index (χ3v) is 7.55. The first-order chi connectivity index (χ1) is 12.8. The van der Waals surface area contributed by atoms with Crippen LogP contribution in [0.5, 0.6) is 0 Å². The van der Waals surface area contributed by atoms with Gasteiger partial charge in [0.15, 0.2) is 0 Å². The van der Waals surface area contributed by atoms with Crippen LogP contribution < -0.4 is 0 Å². The monoisotopic (exact) mass is 404 g/mol. The van der Waals surface area contributed by atoms with Crippen molar-refractivity contribution in [1.82, 2.24) is 9.80 Å². The average Bonchev–Trinajstić information content (AvgIpc) is 2.59. The normalized spacial score (nSPS) is 21.9. The number of carbonyl (C=O) groups excluding carboxylic acids is 1. The molecular weight excluding hydrogens is 365 g/mol.